The van der Waals surface area contributed by atoms with Crippen molar-refractivity contribution in [1.29, 1.82) is 0 Å². The molecule has 0 amide bonds. The maximum Gasteiger partial charge on any atom is 0.161 e. The summed E-state index contributed by atoms with van der Waals surface area (Å²) in [6, 6.07) is 6.32. The Hall–Kier alpha value is -1.00. The van der Waals surface area contributed by atoms with Crippen LogP contribution in [0.1, 0.15) is 31.3 Å². The maximum absolute atomic E-state index is 5.40. The van der Waals surface area contributed by atoms with Crippen LogP contribution in [-0.4, -0.2) is 14.2 Å². The Morgan fingerprint density at radius 3 is 2.05 bits per heavy atom. The fourth-order valence-corrected chi connectivity index (χ4v) is 4.09. The van der Waals surface area contributed by atoms with Crippen molar-refractivity contribution in [3.05, 3.63) is 44.6 Å². The molecule has 1 unspecified atom stereocenters. The number of thiophene rings is 1. The third-order valence-corrected chi connectivity index (χ3v) is 5.99. The SMILES string of the molecule is COc1cc(C)c(C(Br)c2cc(C)c(C)s2)cc1OC. The molecule has 1 atom stereocenters. The van der Waals surface area contributed by atoms with Crippen LogP contribution < -0.4 is 9.47 Å². The highest BCUT2D eigenvalue weighted by molar-refractivity contribution is 9.09. The molecule has 0 aliphatic heterocycles. The van der Waals surface area contributed by atoms with Gasteiger partial charge in [-0.05, 0) is 55.7 Å². The zero-order valence-corrected chi connectivity index (χ0v) is 14.8. The van der Waals surface area contributed by atoms with Crippen molar-refractivity contribution in [2.24, 2.45) is 0 Å². The molecular formula is C16H19BrO2S. The minimum Gasteiger partial charge on any atom is -0.493 e. The van der Waals surface area contributed by atoms with E-state index in [0.717, 1.165) is 11.5 Å². The fraction of sp³-hybridized carbons (Fsp3) is 0.375. The van der Waals surface area contributed by atoms with E-state index < -0.39 is 0 Å². The van der Waals surface area contributed by atoms with Gasteiger partial charge >= 0.3 is 0 Å². The molecule has 0 N–H and O–H groups in total. The van der Waals surface area contributed by atoms with Gasteiger partial charge in [-0.1, -0.05) is 15.9 Å². The minimum atomic E-state index is 0.180. The molecule has 1 aromatic carbocycles. The smallest absolute Gasteiger partial charge is 0.161 e. The predicted octanol–water partition coefficient (Wildman–Crippen LogP) is 5.17. The largest absolute Gasteiger partial charge is 0.493 e. The van der Waals surface area contributed by atoms with Crippen molar-refractivity contribution in [2.45, 2.75) is 25.6 Å². The fourth-order valence-electron chi connectivity index (χ4n) is 2.15. The number of hydrogen-bond donors (Lipinski definition) is 0. The molecule has 0 aliphatic carbocycles. The molecule has 2 aromatic rings. The molecule has 0 aliphatic rings. The van der Waals surface area contributed by atoms with E-state index in [1.165, 1.54) is 26.4 Å². The number of benzene rings is 1. The number of aryl methyl sites for hydroxylation is 3. The van der Waals surface area contributed by atoms with Gasteiger partial charge in [0.05, 0.1) is 19.0 Å². The highest BCUT2D eigenvalue weighted by Crippen LogP contribution is 2.41. The molecule has 0 radical (unpaired) electrons. The van der Waals surface area contributed by atoms with Crippen LogP contribution in [0.4, 0.5) is 0 Å². The van der Waals surface area contributed by atoms with E-state index in [-0.39, 0.29) is 4.83 Å². The van der Waals surface area contributed by atoms with Crippen LogP contribution in [0.25, 0.3) is 0 Å². The number of hydrogen-bond acceptors (Lipinski definition) is 3. The van der Waals surface area contributed by atoms with Crippen LogP contribution in [0.2, 0.25) is 0 Å². The highest BCUT2D eigenvalue weighted by atomic mass is 79.9. The zero-order valence-electron chi connectivity index (χ0n) is 12.4. The molecule has 4 heteroatoms. The maximum atomic E-state index is 5.40. The molecule has 108 valence electrons. The van der Waals surface area contributed by atoms with Crippen molar-refractivity contribution in [1.82, 2.24) is 0 Å². The summed E-state index contributed by atoms with van der Waals surface area (Å²) in [7, 11) is 3.33. The molecule has 0 fully saturated rings. The van der Waals surface area contributed by atoms with E-state index >= 15 is 0 Å². The van der Waals surface area contributed by atoms with E-state index in [1.54, 1.807) is 14.2 Å². The van der Waals surface area contributed by atoms with Gasteiger partial charge < -0.3 is 9.47 Å². The van der Waals surface area contributed by atoms with E-state index in [4.69, 9.17) is 9.47 Å². The molecule has 0 saturated carbocycles. The summed E-state index contributed by atoms with van der Waals surface area (Å²) in [5.74, 6) is 1.54. The van der Waals surface area contributed by atoms with Gasteiger partial charge in [-0.3, -0.25) is 0 Å². The lowest BCUT2D eigenvalue weighted by Gasteiger charge is -2.16. The van der Waals surface area contributed by atoms with Gasteiger partial charge in [0.15, 0.2) is 11.5 Å². The van der Waals surface area contributed by atoms with Crippen molar-refractivity contribution < 1.29 is 9.47 Å². The first-order valence-electron chi connectivity index (χ1n) is 6.41. The summed E-state index contributed by atoms with van der Waals surface area (Å²) in [5, 5.41) is 0. The highest BCUT2D eigenvalue weighted by Gasteiger charge is 2.18. The van der Waals surface area contributed by atoms with Gasteiger partial charge in [-0.15, -0.1) is 11.3 Å². The second-order valence-corrected chi connectivity index (χ2v) is 7.02. The average molecular weight is 355 g/mol. The molecular weight excluding hydrogens is 336 g/mol. The monoisotopic (exact) mass is 354 g/mol. The van der Waals surface area contributed by atoms with Gasteiger partial charge in [0, 0.05) is 9.75 Å². The first-order chi connectivity index (χ1) is 9.47. The number of halogens is 1. The zero-order chi connectivity index (χ0) is 14.9. The lowest BCUT2D eigenvalue weighted by atomic mass is 10.0. The molecule has 0 spiro atoms. The Morgan fingerprint density at radius 1 is 0.950 bits per heavy atom. The Balaban J connectivity index is 2.46. The normalized spacial score (nSPS) is 12.3. The summed E-state index contributed by atoms with van der Waals surface area (Å²) in [4.78, 5) is 2.86. The van der Waals surface area contributed by atoms with Gasteiger partial charge in [0.25, 0.3) is 0 Å². The molecule has 1 aromatic heterocycles. The van der Waals surface area contributed by atoms with Crippen LogP contribution in [0.3, 0.4) is 0 Å². The van der Waals surface area contributed by atoms with Crippen LogP contribution >= 0.6 is 27.3 Å². The second kappa shape index (κ2) is 6.19. The van der Waals surface area contributed by atoms with Crippen molar-refractivity contribution in [2.75, 3.05) is 14.2 Å². The summed E-state index contributed by atoms with van der Waals surface area (Å²) in [5.41, 5.74) is 3.74. The minimum absolute atomic E-state index is 0.180. The van der Waals surface area contributed by atoms with E-state index in [0.29, 0.717) is 0 Å². The molecule has 2 nitrogen and oxygen atoms in total. The van der Waals surface area contributed by atoms with Crippen LogP contribution in [-0.2, 0) is 0 Å². The van der Waals surface area contributed by atoms with Crippen LogP contribution in [0, 0.1) is 20.8 Å². The Bertz CT molecular complexity index is 600. The quantitative estimate of drug-likeness (QED) is 0.704. The molecule has 0 saturated heterocycles. The number of methoxy groups -OCH3 is 2. The average Bonchev–Trinajstić information content (AvgIpc) is 2.77. The number of rotatable bonds is 4. The van der Waals surface area contributed by atoms with E-state index in [2.05, 4.69) is 48.8 Å². The number of alkyl halides is 1. The molecule has 20 heavy (non-hydrogen) atoms. The van der Waals surface area contributed by atoms with Crippen molar-refractivity contribution in [3.8, 4) is 11.5 Å². The third-order valence-electron chi connectivity index (χ3n) is 3.48. The first-order valence-corrected chi connectivity index (χ1v) is 8.14. The summed E-state index contributed by atoms with van der Waals surface area (Å²) < 4.78 is 10.7. The Labute approximate surface area is 132 Å². The topological polar surface area (TPSA) is 18.5 Å². The number of ether oxygens (including phenoxy) is 2. The third kappa shape index (κ3) is 2.86. The lowest BCUT2D eigenvalue weighted by molar-refractivity contribution is 0.354. The summed E-state index contributed by atoms with van der Waals surface area (Å²) in [6.07, 6.45) is 0. The predicted molar refractivity (Wildman–Crippen MR) is 88.8 cm³/mol. The van der Waals surface area contributed by atoms with Crippen molar-refractivity contribution in [3.63, 3.8) is 0 Å². The van der Waals surface area contributed by atoms with Gasteiger partial charge in [-0.2, -0.15) is 0 Å². The molecule has 0 bridgehead atoms. The van der Waals surface area contributed by atoms with E-state index in [1.807, 2.05) is 17.4 Å². The van der Waals surface area contributed by atoms with Gasteiger partial charge in [0.1, 0.15) is 0 Å². The lowest BCUT2D eigenvalue weighted by Crippen LogP contribution is -1.98. The second-order valence-electron chi connectivity index (χ2n) is 4.81. The molecule has 2 rings (SSSR count). The molecule has 1 heterocycles. The first kappa shape index (κ1) is 15.4. The summed E-state index contributed by atoms with van der Waals surface area (Å²) in [6.45, 7) is 6.40. The van der Waals surface area contributed by atoms with Gasteiger partial charge in [-0.25, -0.2) is 0 Å². The Morgan fingerprint density at radius 2 is 1.55 bits per heavy atom. The van der Waals surface area contributed by atoms with Crippen LogP contribution in [0.15, 0.2) is 18.2 Å². The standard InChI is InChI=1S/C16H19BrO2S/c1-9-7-15(20-11(9)3)16(17)12-8-14(19-5)13(18-4)6-10(12)2/h6-8,16H,1-5H3. The van der Waals surface area contributed by atoms with Crippen LogP contribution in [0.5, 0.6) is 11.5 Å². The van der Waals surface area contributed by atoms with Gasteiger partial charge in [0.2, 0.25) is 0 Å². The van der Waals surface area contributed by atoms with Crippen molar-refractivity contribution >= 4 is 27.3 Å². The Kier molecular flexibility index (Phi) is 4.76. The summed E-state index contributed by atoms with van der Waals surface area (Å²) >= 11 is 5.65. The van der Waals surface area contributed by atoms with E-state index in [9.17, 15) is 0 Å².